The van der Waals surface area contributed by atoms with E-state index in [-0.39, 0.29) is 6.61 Å². The van der Waals surface area contributed by atoms with Crippen LogP contribution in [0, 0.1) is 0 Å². The number of aliphatic hydroxyl groups excluding tert-OH is 1. The second-order valence-electron chi connectivity index (χ2n) is 4.19. The van der Waals surface area contributed by atoms with Crippen molar-refractivity contribution in [1.29, 1.82) is 0 Å². The third-order valence-electron chi connectivity index (χ3n) is 2.62. The van der Waals surface area contributed by atoms with Crippen LogP contribution in [0.25, 0.3) is 0 Å². The Balaban J connectivity index is 1.91. The molecule has 0 heterocycles. The summed E-state index contributed by atoms with van der Waals surface area (Å²) in [7, 11) is 0. The molecule has 1 aromatic rings. The molecule has 1 rings (SSSR count). The van der Waals surface area contributed by atoms with Gasteiger partial charge < -0.3 is 15.2 Å². The van der Waals surface area contributed by atoms with E-state index in [0.717, 1.165) is 36.8 Å². The van der Waals surface area contributed by atoms with E-state index in [4.69, 9.17) is 21.4 Å². The molecule has 1 aromatic carbocycles. The van der Waals surface area contributed by atoms with E-state index in [1.54, 1.807) is 0 Å². The molecule has 2 N–H and O–H groups in total. The van der Waals surface area contributed by atoms with Crippen LogP contribution in [0.1, 0.15) is 25.7 Å². The van der Waals surface area contributed by atoms with Crippen LogP contribution in [0.4, 0.5) is 0 Å². The predicted octanol–water partition coefficient (Wildman–Crippen LogP) is 2.86. The van der Waals surface area contributed by atoms with Gasteiger partial charge in [0, 0.05) is 11.6 Å². The zero-order valence-corrected chi connectivity index (χ0v) is 11.5. The summed E-state index contributed by atoms with van der Waals surface area (Å²) < 4.78 is 5.60. The molecule has 0 aliphatic rings. The van der Waals surface area contributed by atoms with Gasteiger partial charge in [-0.15, -0.1) is 0 Å². The predicted molar refractivity (Wildman–Crippen MR) is 75.4 cm³/mol. The third-order valence-corrected chi connectivity index (χ3v) is 2.87. The second-order valence-corrected chi connectivity index (χ2v) is 4.63. The maximum atomic E-state index is 8.58. The molecular formula is C14H22ClNO2. The molecule has 18 heavy (non-hydrogen) atoms. The van der Waals surface area contributed by atoms with Crippen LogP contribution < -0.4 is 10.1 Å². The quantitative estimate of drug-likeness (QED) is 0.643. The first-order valence-corrected chi connectivity index (χ1v) is 6.90. The first kappa shape index (κ1) is 15.3. The summed E-state index contributed by atoms with van der Waals surface area (Å²) in [5.74, 6) is 0.879. The summed E-state index contributed by atoms with van der Waals surface area (Å²) in [6.07, 6.45) is 4.60. The van der Waals surface area contributed by atoms with E-state index in [2.05, 4.69) is 5.32 Å². The largest absolute Gasteiger partial charge is 0.494 e. The number of nitrogens with one attached hydrogen (secondary N) is 1. The Morgan fingerprint density at radius 3 is 2.44 bits per heavy atom. The SMILES string of the molecule is OCCNCCCCCCOc1ccc(Cl)cc1. The highest BCUT2D eigenvalue weighted by Crippen LogP contribution is 2.15. The molecule has 3 nitrogen and oxygen atoms in total. The Morgan fingerprint density at radius 2 is 1.72 bits per heavy atom. The molecular weight excluding hydrogens is 250 g/mol. The lowest BCUT2D eigenvalue weighted by Crippen LogP contribution is -2.19. The van der Waals surface area contributed by atoms with Crippen LogP contribution in [0.3, 0.4) is 0 Å². The molecule has 102 valence electrons. The zero-order chi connectivity index (χ0) is 13.1. The van der Waals surface area contributed by atoms with Crippen molar-refractivity contribution in [3.8, 4) is 5.75 Å². The van der Waals surface area contributed by atoms with Gasteiger partial charge in [-0.1, -0.05) is 24.4 Å². The Morgan fingerprint density at radius 1 is 1.00 bits per heavy atom. The van der Waals surface area contributed by atoms with Crippen molar-refractivity contribution in [3.05, 3.63) is 29.3 Å². The molecule has 0 aliphatic carbocycles. The first-order valence-electron chi connectivity index (χ1n) is 6.53. The minimum atomic E-state index is 0.217. The van der Waals surface area contributed by atoms with E-state index in [9.17, 15) is 0 Å². The smallest absolute Gasteiger partial charge is 0.119 e. The van der Waals surface area contributed by atoms with Gasteiger partial charge in [-0.2, -0.15) is 0 Å². The molecule has 0 atom stereocenters. The maximum absolute atomic E-state index is 8.58. The van der Waals surface area contributed by atoms with Crippen molar-refractivity contribution in [2.75, 3.05) is 26.3 Å². The summed E-state index contributed by atoms with van der Waals surface area (Å²) in [5, 5.41) is 12.5. The Labute approximate surface area is 114 Å². The molecule has 4 heteroatoms. The van der Waals surface area contributed by atoms with Gasteiger partial charge in [0.2, 0.25) is 0 Å². The molecule has 0 saturated heterocycles. The van der Waals surface area contributed by atoms with Gasteiger partial charge in [0.25, 0.3) is 0 Å². The normalized spacial score (nSPS) is 10.6. The molecule has 0 amide bonds. The van der Waals surface area contributed by atoms with Gasteiger partial charge >= 0.3 is 0 Å². The highest BCUT2D eigenvalue weighted by molar-refractivity contribution is 6.30. The fourth-order valence-electron chi connectivity index (χ4n) is 1.63. The van der Waals surface area contributed by atoms with Crippen molar-refractivity contribution in [1.82, 2.24) is 5.32 Å². The van der Waals surface area contributed by atoms with Crippen molar-refractivity contribution in [3.63, 3.8) is 0 Å². The summed E-state index contributed by atoms with van der Waals surface area (Å²) in [6, 6.07) is 7.45. The molecule has 0 spiro atoms. The van der Waals surface area contributed by atoms with Gasteiger partial charge in [0.1, 0.15) is 5.75 Å². The van der Waals surface area contributed by atoms with Gasteiger partial charge in [0.05, 0.1) is 13.2 Å². The van der Waals surface area contributed by atoms with Crippen LogP contribution in [-0.4, -0.2) is 31.4 Å². The lowest BCUT2D eigenvalue weighted by molar-refractivity contribution is 0.290. The van der Waals surface area contributed by atoms with Crippen molar-refractivity contribution in [2.24, 2.45) is 0 Å². The fraction of sp³-hybridized carbons (Fsp3) is 0.571. The lowest BCUT2D eigenvalue weighted by atomic mass is 10.2. The molecule has 0 aromatic heterocycles. The van der Waals surface area contributed by atoms with Gasteiger partial charge in [-0.25, -0.2) is 0 Å². The summed E-state index contributed by atoms with van der Waals surface area (Å²) in [6.45, 7) is 2.65. The van der Waals surface area contributed by atoms with E-state index >= 15 is 0 Å². The van der Waals surface area contributed by atoms with Gasteiger partial charge in [-0.05, 0) is 43.7 Å². The highest BCUT2D eigenvalue weighted by Gasteiger charge is 1.94. The topological polar surface area (TPSA) is 41.5 Å². The van der Waals surface area contributed by atoms with Crippen molar-refractivity contribution in [2.45, 2.75) is 25.7 Å². The third kappa shape index (κ3) is 7.54. The minimum Gasteiger partial charge on any atom is -0.494 e. The number of rotatable bonds is 10. The number of hydrogen-bond donors (Lipinski definition) is 2. The number of unbranched alkanes of at least 4 members (excludes halogenated alkanes) is 3. The Bertz CT molecular complexity index is 303. The molecule has 0 unspecified atom stereocenters. The van der Waals surface area contributed by atoms with E-state index < -0.39 is 0 Å². The van der Waals surface area contributed by atoms with Gasteiger partial charge in [-0.3, -0.25) is 0 Å². The average Bonchev–Trinajstić information content (AvgIpc) is 2.39. The molecule has 0 radical (unpaired) electrons. The summed E-state index contributed by atoms with van der Waals surface area (Å²) >= 11 is 5.79. The number of aliphatic hydroxyl groups is 1. The molecule has 0 saturated carbocycles. The average molecular weight is 272 g/mol. The number of halogens is 1. The van der Waals surface area contributed by atoms with E-state index in [0.29, 0.717) is 6.54 Å². The molecule has 0 fully saturated rings. The number of benzene rings is 1. The molecule has 0 bridgehead atoms. The number of ether oxygens (including phenoxy) is 1. The number of hydrogen-bond acceptors (Lipinski definition) is 3. The monoisotopic (exact) mass is 271 g/mol. The van der Waals surface area contributed by atoms with Crippen LogP contribution >= 0.6 is 11.6 Å². The van der Waals surface area contributed by atoms with Gasteiger partial charge in [0.15, 0.2) is 0 Å². The lowest BCUT2D eigenvalue weighted by Gasteiger charge is -2.06. The van der Waals surface area contributed by atoms with Crippen LogP contribution in [0.2, 0.25) is 5.02 Å². The minimum absolute atomic E-state index is 0.217. The van der Waals surface area contributed by atoms with Crippen molar-refractivity contribution >= 4 is 11.6 Å². The van der Waals surface area contributed by atoms with Crippen LogP contribution in [0.5, 0.6) is 5.75 Å². The van der Waals surface area contributed by atoms with Crippen LogP contribution in [0.15, 0.2) is 24.3 Å². The van der Waals surface area contributed by atoms with Crippen molar-refractivity contribution < 1.29 is 9.84 Å². The van der Waals surface area contributed by atoms with E-state index in [1.165, 1.54) is 12.8 Å². The maximum Gasteiger partial charge on any atom is 0.119 e. The zero-order valence-electron chi connectivity index (χ0n) is 10.7. The standard InChI is InChI=1S/C14H22ClNO2/c15-13-5-7-14(8-6-13)18-12-4-2-1-3-9-16-10-11-17/h5-8,16-17H,1-4,9-12H2. The summed E-state index contributed by atoms with van der Waals surface area (Å²) in [4.78, 5) is 0. The fourth-order valence-corrected chi connectivity index (χ4v) is 1.76. The first-order chi connectivity index (χ1) is 8.83. The highest BCUT2D eigenvalue weighted by atomic mass is 35.5. The Hall–Kier alpha value is -0.770. The molecule has 0 aliphatic heterocycles. The Kier molecular flexibility index (Phi) is 8.65. The van der Waals surface area contributed by atoms with Crippen LogP contribution in [-0.2, 0) is 0 Å². The van der Waals surface area contributed by atoms with E-state index in [1.807, 2.05) is 24.3 Å². The second kappa shape index (κ2) is 10.2. The summed E-state index contributed by atoms with van der Waals surface area (Å²) in [5.41, 5.74) is 0.